The molecular formula is C9H14N2O2. The third kappa shape index (κ3) is 1.43. The molecule has 4 nitrogen and oxygen atoms in total. The van der Waals surface area contributed by atoms with Gasteiger partial charge in [-0.1, -0.05) is 13.8 Å². The van der Waals surface area contributed by atoms with Gasteiger partial charge >= 0.3 is 5.97 Å². The summed E-state index contributed by atoms with van der Waals surface area (Å²) >= 11 is 0. The van der Waals surface area contributed by atoms with Crippen molar-refractivity contribution < 1.29 is 9.90 Å². The van der Waals surface area contributed by atoms with Crippen LogP contribution in [0.2, 0.25) is 0 Å². The van der Waals surface area contributed by atoms with Crippen molar-refractivity contribution in [3.05, 3.63) is 18.7 Å². The van der Waals surface area contributed by atoms with E-state index in [1.165, 1.54) is 0 Å². The van der Waals surface area contributed by atoms with Crippen LogP contribution in [-0.4, -0.2) is 20.6 Å². The first-order valence-electron chi connectivity index (χ1n) is 4.39. The summed E-state index contributed by atoms with van der Waals surface area (Å²) in [6.45, 7) is 3.75. The zero-order valence-corrected chi connectivity index (χ0v) is 7.90. The quantitative estimate of drug-likeness (QED) is 0.767. The van der Waals surface area contributed by atoms with E-state index < -0.39 is 11.5 Å². The van der Waals surface area contributed by atoms with E-state index in [0.717, 1.165) is 0 Å². The molecule has 4 heteroatoms. The maximum absolute atomic E-state index is 11.1. The highest BCUT2D eigenvalue weighted by Gasteiger charge is 2.36. The molecule has 1 aromatic rings. The first-order valence-corrected chi connectivity index (χ1v) is 4.39. The Kier molecular flexibility index (Phi) is 2.70. The lowest BCUT2D eigenvalue weighted by Crippen LogP contribution is -2.40. The summed E-state index contributed by atoms with van der Waals surface area (Å²) < 4.78 is 1.66. The largest absolute Gasteiger partial charge is 0.479 e. The van der Waals surface area contributed by atoms with Gasteiger partial charge in [0.1, 0.15) is 5.54 Å². The van der Waals surface area contributed by atoms with Gasteiger partial charge in [0.15, 0.2) is 0 Å². The highest BCUT2D eigenvalue weighted by atomic mass is 16.4. The summed E-state index contributed by atoms with van der Waals surface area (Å²) in [6, 6.07) is 0. The molecule has 0 amide bonds. The molecular weight excluding hydrogens is 168 g/mol. The number of carboxylic acid groups (broad SMARTS) is 1. The van der Waals surface area contributed by atoms with Crippen LogP contribution in [0.4, 0.5) is 0 Å². The molecule has 1 rings (SSSR count). The second-order valence-corrected chi connectivity index (χ2v) is 3.01. The van der Waals surface area contributed by atoms with Gasteiger partial charge in [0, 0.05) is 12.4 Å². The molecule has 1 heterocycles. The number of hydrogen-bond donors (Lipinski definition) is 1. The van der Waals surface area contributed by atoms with E-state index in [-0.39, 0.29) is 0 Å². The standard InChI is InChI=1S/C9H14N2O2/c1-3-9(4-2,8(12)13)11-6-5-10-7-11/h5-7H,3-4H2,1-2H3,(H,12,13). The summed E-state index contributed by atoms with van der Waals surface area (Å²) in [7, 11) is 0. The molecule has 72 valence electrons. The minimum Gasteiger partial charge on any atom is -0.479 e. The van der Waals surface area contributed by atoms with Crippen LogP contribution in [0.1, 0.15) is 26.7 Å². The minimum atomic E-state index is -0.823. The number of carboxylic acids is 1. The SMILES string of the molecule is CCC(CC)(C(=O)O)n1ccnc1. The molecule has 0 fully saturated rings. The van der Waals surface area contributed by atoms with Crippen molar-refractivity contribution in [3.8, 4) is 0 Å². The van der Waals surface area contributed by atoms with Crippen molar-refractivity contribution in [3.63, 3.8) is 0 Å². The Labute approximate surface area is 77.2 Å². The number of aromatic nitrogens is 2. The van der Waals surface area contributed by atoms with Gasteiger partial charge in [0.2, 0.25) is 0 Å². The van der Waals surface area contributed by atoms with E-state index in [4.69, 9.17) is 5.11 Å². The highest BCUT2D eigenvalue weighted by Crippen LogP contribution is 2.24. The average molecular weight is 182 g/mol. The highest BCUT2D eigenvalue weighted by molar-refractivity contribution is 5.76. The average Bonchev–Trinajstić information content (AvgIpc) is 2.60. The van der Waals surface area contributed by atoms with Gasteiger partial charge < -0.3 is 9.67 Å². The minimum absolute atomic E-state index is 0.565. The second-order valence-electron chi connectivity index (χ2n) is 3.01. The van der Waals surface area contributed by atoms with Crippen molar-refractivity contribution in [2.24, 2.45) is 0 Å². The summed E-state index contributed by atoms with van der Waals surface area (Å²) in [5.41, 5.74) is -0.823. The monoisotopic (exact) mass is 182 g/mol. The third-order valence-electron chi connectivity index (χ3n) is 2.57. The van der Waals surface area contributed by atoms with Gasteiger partial charge in [-0.15, -0.1) is 0 Å². The molecule has 0 aliphatic heterocycles. The maximum Gasteiger partial charge on any atom is 0.329 e. The fourth-order valence-corrected chi connectivity index (χ4v) is 1.54. The van der Waals surface area contributed by atoms with Crippen LogP contribution in [0.15, 0.2) is 18.7 Å². The van der Waals surface area contributed by atoms with Crippen LogP contribution in [0, 0.1) is 0 Å². The zero-order valence-electron chi connectivity index (χ0n) is 7.90. The van der Waals surface area contributed by atoms with Crippen LogP contribution >= 0.6 is 0 Å². The summed E-state index contributed by atoms with van der Waals surface area (Å²) in [4.78, 5) is 15.0. The van der Waals surface area contributed by atoms with Gasteiger partial charge in [0.25, 0.3) is 0 Å². The summed E-state index contributed by atoms with van der Waals surface area (Å²) in [5, 5.41) is 9.15. The number of nitrogens with zero attached hydrogens (tertiary/aromatic N) is 2. The van der Waals surface area contributed by atoms with Crippen molar-refractivity contribution in [2.45, 2.75) is 32.2 Å². The summed E-state index contributed by atoms with van der Waals surface area (Å²) in [6.07, 6.45) is 5.98. The molecule has 0 radical (unpaired) electrons. The van der Waals surface area contributed by atoms with Crippen LogP contribution in [0.3, 0.4) is 0 Å². The van der Waals surface area contributed by atoms with Gasteiger partial charge in [0.05, 0.1) is 6.33 Å². The third-order valence-corrected chi connectivity index (χ3v) is 2.57. The van der Waals surface area contributed by atoms with E-state index in [1.54, 1.807) is 23.3 Å². The molecule has 0 aromatic carbocycles. The molecule has 1 N–H and O–H groups in total. The van der Waals surface area contributed by atoms with Crippen molar-refractivity contribution >= 4 is 5.97 Å². The van der Waals surface area contributed by atoms with E-state index in [1.807, 2.05) is 13.8 Å². The first-order chi connectivity index (χ1) is 6.17. The first kappa shape index (κ1) is 9.77. The molecule has 0 saturated carbocycles. The van der Waals surface area contributed by atoms with Gasteiger partial charge in [-0.25, -0.2) is 9.78 Å². The molecule has 0 unspecified atom stereocenters. The van der Waals surface area contributed by atoms with Crippen LogP contribution in [0.5, 0.6) is 0 Å². The fourth-order valence-electron chi connectivity index (χ4n) is 1.54. The lowest BCUT2D eigenvalue weighted by atomic mass is 9.93. The van der Waals surface area contributed by atoms with Crippen molar-refractivity contribution in [1.82, 2.24) is 9.55 Å². The molecule has 13 heavy (non-hydrogen) atoms. The van der Waals surface area contributed by atoms with Crippen molar-refractivity contribution in [1.29, 1.82) is 0 Å². The Morgan fingerprint density at radius 3 is 2.46 bits per heavy atom. The predicted octanol–water partition coefficient (Wildman–Crippen LogP) is 1.48. The lowest BCUT2D eigenvalue weighted by Gasteiger charge is -2.28. The van der Waals surface area contributed by atoms with Crippen molar-refractivity contribution in [2.75, 3.05) is 0 Å². The Morgan fingerprint density at radius 1 is 1.54 bits per heavy atom. The Balaban J connectivity index is 3.11. The topological polar surface area (TPSA) is 55.1 Å². The van der Waals surface area contributed by atoms with Gasteiger partial charge in [-0.2, -0.15) is 0 Å². The normalized spacial score (nSPS) is 11.5. The second kappa shape index (κ2) is 3.60. The zero-order chi connectivity index (χ0) is 9.90. The molecule has 0 aliphatic carbocycles. The fraction of sp³-hybridized carbons (Fsp3) is 0.556. The lowest BCUT2D eigenvalue weighted by molar-refractivity contribution is -0.148. The molecule has 0 atom stereocenters. The Bertz CT molecular complexity index is 276. The number of rotatable bonds is 4. The Hall–Kier alpha value is -1.32. The molecule has 0 bridgehead atoms. The predicted molar refractivity (Wildman–Crippen MR) is 48.4 cm³/mol. The van der Waals surface area contributed by atoms with E-state index in [9.17, 15) is 4.79 Å². The number of hydrogen-bond acceptors (Lipinski definition) is 2. The number of aliphatic carboxylic acids is 1. The number of carbonyl (C=O) groups is 1. The van der Waals surface area contributed by atoms with Gasteiger partial charge in [-0.05, 0) is 12.8 Å². The van der Waals surface area contributed by atoms with E-state index >= 15 is 0 Å². The Morgan fingerprint density at radius 2 is 2.15 bits per heavy atom. The molecule has 0 spiro atoms. The van der Waals surface area contributed by atoms with E-state index in [0.29, 0.717) is 12.8 Å². The van der Waals surface area contributed by atoms with E-state index in [2.05, 4.69) is 4.98 Å². The van der Waals surface area contributed by atoms with Crippen LogP contribution in [-0.2, 0) is 10.3 Å². The summed E-state index contributed by atoms with van der Waals surface area (Å²) in [5.74, 6) is -0.796. The molecule has 0 saturated heterocycles. The van der Waals surface area contributed by atoms with Crippen LogP contribution < -0.4 is 0 Å². The van der Waals surface area contributed by atoms with Gasteiger partial charge in [-0.3, -0.25) is 0 Å². The molecule has 0 aliphatic rings. The molecule has 1 aromatic heterocycles. The smallest absolute Gasteiger partial charge is 0.329 e. The van der Waals surface area contributed by atoms with Crippen LogP contribution in [0.25, 0.3) is 0 Å². The maximum atomic E-state index is 11.1. The number of imidazole rings is 1.